The van der Waals surface area contributed by atoms with Crippen LogP contribution in [-0.2, 0) is 4.79 Å². The molecule has 0 saturated carbocycles. The fourth-order valence-corrected chi connectivity index (χ4v) is 3.84. The van der Waals surface area contributed by atoms with Crippen LogP contribution in [-0.4, -0.2) is 23.3 Å². The largest absolute Gasteiger partial charge is 0.484 e. The Morgan fingerprint density at radius 3 is 2.66 bits per heavy atom. The Morgan fingerprint density at radius 2 is 1.83 bits per heavy atom. The molecule has 3 aromatic carbocycles. The van der Waals surface area contributed by atoms with Crippen LogP contribution in [0.3, 0.4) is 0 Å². The zero-order valence-corrected chi connectivity index (χ0v) is 16.5. The van der Waals surface area contributed by atoms with Crippen molar-refractivity contribution in [3.63, 3.8) is 0 Å². The van der Waals surface area contributed by atoms with Crippen LogP contribution in [0.15, 0.2) is 72.8 Å². The van der Waals surface area contributed by atoms with E-state index in [1.165, 1.54) is 6.92 Å². The van der Waals surface area contributed by atoms with Crippen molar-refractivity contribution in [2.75, 3.05) is 11.9 Å². The Bertz CT molecular complexity index is 1170. The topological polar surface area (TPSA) is 68.3 Å². The van der Waals surface area contributed by atoms with Gasteiger partial charge in [-0.15, -0.1) is 11.3 Å². The summed E-state index contributed by atoms with van der Waals surface area (Å²) in [4.78, 5) is 28.4. The number of anilines is 1. The van der Waals surface area contributed by atoms with Crippen LogP contribution in [0.25, 0.3) is 20.8 Å². The number of thiazole rings is 1. The molecule has 1 heterocycles. The summed E-state index contributed by atoms with van der Waals surface area (Å²) in [6, 6.07) is 22.3. The summed E-state index contributed by atoms with van der Waals surface area (Å²) >= 11 is 1.61. The Labute approximate surface area is 172 Å². The fourth-order valence-electron chi connectivity index (χ4n) is 2.88. The molecule has 144 valence electrons. The number of ketones is 1. The van der Waals surface area contributed by atoms with Crippen molar-refractivity contribution >= 4 is 38.9 Å². The number of carbonyl (C=O) groups excluding carboxylic acids is 2. The number of Topliss-reactive ketones (excluding diaryl/α,β-unsaturated/α-hetero) is 1. The van der Waals surface area contributed by atoms with E-state index in [1.807, 2.05) is 48.5 Å². The van der Waals surface area contributed by atoms with E-state index in [0.29, 0.717) is 17.0 Å². The molecule has 0 radical (unpaired) electrons. The summed E-state index contributed by atoms with van der Waals surface area (Å²) in [6.07, 6.45) is 0. The van der Waals surface area contributed by atoms with E-state index >= 15 is 0 Å². The van der Waals surface area contributed by atoms with E-state index in [-0.39, 0.29) is 18.3 Å². The normalized spacial score (nSPS) is 10.7. The highest BCUT2D eigenvalue weighted by Crippen LogP contribution is 2.31. The first-order chi connectivity index (χ1) is 14.1. The van der Waals surface area contributed by atoms with Gasteiger partial charge in [0.05, 0.1) is 10.2 Å². The molecule has 0 aliphatic heterocycles. The summed E-state index contributed by atoms with van der Waals surface area (Å²) in [6.45, 7) is 1.34. The number of para-hydroxylation sites is 1. The smallest absolute Gasteiger partial charge is 0.262 e. The number of hydrogen-bond acceptors (Lipinski definition) is 5. The molecule has 0 unspecified atom stereocenters. The fraction of sp³-hybridized carbons (Fsp3) is 0.0870. The maximum atomic E-state index is 12.3. The first-order valence-electron chi connectivity index (χ1n) is 9.08. The summed E-state index contributed by atoms with van der Waals surface area (Å²) in [7, 11) is 0. The van der Waals surface area contributed by atoms with Gasteiger partial charge in [0.1, 0.15) is 10.8 Å². The van der Waals surface area contributed by atoms with Gasteiger partial charge in [0.2, 0.25) is 0 Å². The Kier molecular flexibility index (Phi) is 5.35. The molecule has 4 rings (SSSR count). The Morgan fingerprint density at radius 1 is 1.00 bits per heavy atom. The van der Waals surface area contributed by atoms with Gasteiger partial charge in [0, 0.05) is 16.8 Å². The Balaban J connectivity index is 1.43. The van der Waals surface area contributed by atoms with Crippen LogP contribution < -0.4 is 10.1 Å². The second kappa shape index (κ2) is 8.24. The third-order valence-corrected chi connectivity index (χ3v) is 5.38. The number of nitrogens with zero attached hydrogens (tertiary/aromatic N) is 1. The van der Waals surface area contributed by atoms with Gasteiger partial charge in [-0.05, 0) is 43.3 Å². The molecular formula is C23H18N2O3S. The van der Waals surface area contributed by atoms with Crippen molar-refractivity contribution in [1.29, 1.82) is 0 Å². The minimum atomic E-state index is -0.278. The number of carbonyl (C=O) groups is 2. The summed E-state index contributed by atoms with van der Waals surface area (Å²) in [5, 5.41) is 3.74. The SMILES string of the molecule is CC(=O)c1cccc(OCC(=O)Nc2cccc(-c3nc4ccccc4s3)c2)c1. The first-order valence-corrected chi connectivity index (χ1v) is 9.90. The van der Waals surface area contributed by atoms with Crippen LogP contribution in [0.1, 0.15) is 17.3 Å². The summed E-state index contributed by atoms with van der Waals surface area (Å²) in [5.41, 5.74) is 3.13. The highest BCUT2D eigenvalue weighted by atomic mass is 32.1. The summed E-state index contributed by atoms with van der Waals surface area (Å²) < 4.78 is 6.63. The molecule has 0 saturated heterocycles. The van der Waals surface area contributed by atoms with Crippen molar-refractivity contribution in [3.05, 3.63) is 78.4 Å². The Hall–Kier alpha value is -3.51. The van der Waals surface area contributed by atoms with Gasteiger partial charge in [0.15, 0.2) is 12.4 Å². The number of fused-ring (bicyclic) bond motifs is 1. The van der Waals surface area contributed by atoms with Crippen molar-refractivity contribution in [2.24, 2.45) is 0 Å². The van der Waals surface area contributed by atoms with Crippen LogP contribution in [0.5, 0.6) is 5.75 Å². The van der Waals surface area contributed by atoms with Gasteiger partial charge in [-0.3, -0.25) is 9.59 Å². The second-order valence-corrected chi connectivity index (χ2v) is 7.52. The van der Waals surface area contributed by atoms with E-state index < -0.39 is 0 Å². The van der Waals surface area contributed by atoms with Crippen molar-refractivity contribution in [2.45, 2.75) is 6.92 Å². The molecule has 0 bridgehead atoms. The third-order valence-electron chi connectivity index (χ3n) is 4.30. The molecule has 0 atom stereocenters. The predicted molar refractivity (Wildman–Crippen MR) is 116 cm³/mol. The maximum absolute atomic E-state index is 12.3. The number of amides is 1. The van der Waals surface area contributed by atoms with E-state index in [1.54, 1.807) is 35.6 Å². The molecule has 1 N–H and O–H groups in total. The predicted octanol–water partition coefficient (Wildman–Crippen LogP) is 5.18. The number of aromatic nitrogens is 1. The van der Waals surface area contributed by atoms with Crippen molar-refractivity contribution < 1.29 is 14.3 Å². The van der Waals surface area contributed by atoms with Gasteiger partial charge >= 0.3 is 0 Å². The third kappa shape index (κ3) is 4.50. The number of ether oxygens (including phenoxy) is 1. The molecule has 6 heteroatoms. The van der Waals surface area contributed by atoms with Crippen LogP contribution in [0.4, 0.5) is 5.69 Å². The van der Waals surface area contributed by atoms with Crippen LogP contribution in [0, 0.1) is 0 Å². The molecule has 0 fully saturated rings. The number of hydrogen-bond donors (Lipinski definition) is 1. The van der Waals surface area contributed by atoms with Gasteiger partial charge in [-0.1, -0.05) is 36.4 Å². The lowest BCUT2D eigenvalue weighted by Gasteiger charge is -2.09. The van der Waals surface area contributed by atoms with Gasteiger partial charge in [-0.2, -0.15) is 0 Å². The van der Waals surface area contributed by atoms with Crippen molar-refractivity contribution in [3.8, 4) is 16.3 Å². The van der Waals surface area contributed by atoms with Gasteiger partial charge in [0.25, 0.3) is 5.91 Å². The first kappa shape index (κ1) is 18.8. The number of nitrogens with one attached hydrogen (secondary N) is 1. The highest BCUT2D eigenvalue weighted by Gasteiger charge is 2.09. The van der Waals surface area contributed by atoms with Gasteiger partial charge in [-0.25, -0.2) is 4.98 Å². The van der Waals surface area contributed by atoms with E-state index in [9.17, 15) is 9.59 Å². The second-order valence-electron chi connectivity index (χ2n) is 6.49. The maximum Gasteiger partial charge on any atom is 0.262 e. The lowest BCUT2D eigenvalue weighted by atomic mass is 10.1. The monoisotopic (exact) mass is 402 g/mol. The van der Waals surface area contributed by atoms with E-state index in [4.69, 9.17) is 4.74 Å². The van der Waals surface area contributed by atoms with Gasteiger partial charge < -0.3 is 10.1 Å². The zero-order chi connectivity index (χ0) is 20.2. The lowest BCUT2D eigenvalue weighted by molar-refractivity contribution is -0.118. The number of benzene rings is 3. The molecule has 29 heavy (non-hydrogen) atoms. The van der Waals surface area contributed by atoms with Crippen LogP contribution >= 0.6 is 11.3 Å². The molecule has 4 aromatic rings. The standard InChI is InChI=1S/C23H18N2O3S/c1-15(26)16-6-5-9-19(13-16)28-14-22(27)24-18-8-4-7-17(12-18)23-25-20-10-2-3-11-21(20)29-23/h2-13H,14H2,1H3,(H,24,27). The molecular weight excluding hydrogens is 384 g/mol. The molecule has 0 spiro atoms. The molecule has 0 aliphatic carbocycles. The molecule has 1 aromatic heterocycles. The average molecular weight is 402 g/mol. The number of rotatable bonds is 6. The quantitative estimate of drug-likeness (QED) is 0.451. The molecule has 1 amide bonds. The average Bonchev–Trinajstić information content (AvgIpc) is 3.17. The van der Waals surface area contributed by atoms with E-state index in [0.717, 1.165) is 20.8 Å². The highest BCUT2D eigenvalue weighted by molar-refractivity contribution is 7.21. The van der Waals surface area contributed by atoms with Crippen LogP contribution in [0.2, 0.25) is 0 Å². The zero-order valence-electron chi connectivity index (χ0n) is 15.7. The minimum Gasteiger partial charge on any atom is -0.484 e. The van der Waals surface area contributed by atoms with E-state index in [2.05, 4.69) is 10.3 Å². The molecule has 0 aliphatic rings. The van der Waals surface area contributed by atoms with Crippen molar-refractivity contribution in [1.82, 2.24) is 4.98 Å². The molecule has 5 nitrogen and oxygen atoms in total. The lowest BCUT2D eigenvalue weighted by Crippen LogP contribution is -2.20. The summed E-state index contributed by atoms with van der Waals surface area (Å²) in [5.74, 6) is 0.155. The minimum absolute atomic E-state index is 0.0495.